The Kier molecular flexibility index (Phi) is 4.17. The molecule has 2 N–H and O–H groups in total. The van der Waals surface area contributed by atoms with Crippen molar-refractivity contribution in [3.63, 3.8) is 0 Å². The number of anilines is 1. The number of nitrogen functional groups attached to an aromatic ring is 1. The molecule has 3 aromatic carbocycles. The first-order chi connectivity index (χ1) is 14.6. The van der Waals surface area contributed by atoms with Crippen LogP contribution in [0.4, 0.5) is 14.5 Å². The fourth-order valence-corrected chi connectivity index (χ4v) is 3.28. The molecule has 0 bridgehead atoms. The minimum Gasteiger partial charge on any atom is -0.398 e. The van der Waals surface area contributed by atoms with Crippen LogP contribution >= 0.6 is 0 Å². The van der Waals surface area contributed by atoms with E-state index < -0.39 is 11.6 Å². The van der Waals surface area contributed by atoms with Gasteiger partial charge < -0.3 is 5.73 Å². The molecule has 6 nitrogen and oxygen atoms in total. The first-order valence-electron chi connectivity index (χ1n) is 9.07. The summed E-state index contributed by atoms with van der Waals surface area (Å²) in [5, 5.41) is 4.93. The summed E-state index contributed by atoms with van der Waals surface area (Å²) >= 11 is 0. The number of fused-ring (bicyclic) bond motifs is 1. The van der Waals surface area contributed by atoms with E-state index in [9.17, 15) is 8.78 Å². The number of nitrogens with zero attached hydrogens (tertiary/aromatic N) is 5. The van der Waals surface area contributed by atoms with E-state index in [-0.39, 0.29) is 5.82 Å². The van der Waals surface area contributed by atoms with Crippen molar-refractivity contribution in [1.82, 2.24) is 24.7 Å². The summed E-state index contributed by atoms with van der Waals surface area (Å²) in [5.41, 5.74) is 9.84. The molecule has 0 aliphatic rings. The minimum absolute atomic E-state index is 0.271. The first kappa shape index (κ1) is 17.9. The minimum atomic E-state index is -0.960. The van der Waals surface area contributed by atoms with Gasteiger partial charge >= 0.3 is 0 Å². The second kappa shape index (κ2) is 7.00. The standard InChI is InChI=1S/C22H14F2N6/c23-17-7-5-13(9-18(17)24)22-28-20-4-2-1-3-15(20)21(29-22)16-10-14(6-8-19(16)25)30-12-26-11-27-30/h1-12H,25H2. The van der Waals surface area contributed by atoms with Crippen LogP contribution in [0.5, 0.6) is 0 Å². The van der Waals surface area contributed by atoms with Gasteiger partial charge in [0.1, 0.15) is 12.7 Å². The Morgan fingerprint density at radius 3 is 2.53 bits per heavy atom. The number of benzene rings is 3. The molecular weight excluding hydrogens is 386 g/mol. The molecule has 5 aromatic rings. The zero-order valence-electron chi connectivity index (χ0n) is 15.5. The topological polar surface area (TPSA) is 82.5 Å². The number of hydrogen-bond donors (Lipinski definition) is 1. The number of nitrogens with two attached hydrogens (primary N) is 1. The van der Waals surface area contributed by atoms with Gasteiger partial charge in [0.05, 0.1) is 16.9 Å². The molecule has 0 fully saturated rings. The number of hydrogen-bond acceptors (Lipinski definition) is 5. The zero-order chi connectivity index (χ0) is 20.7. The maximum absolute atomic E-state index is 13.8. The molecular formula is C22H14F2N6. The molecule has 0 radical (unpaired) electrons. The van der Waals surface area contributed by atoms with E-state index in [4.69, 9.17) is 5.73 Å². The van der Waals surface area contributed by atoms with Crippen molar-refractivity contribution in [1.29, 1.82) is 0 Å². The van der Waals surface area contributed by atoms with Crippen LogP contribution in [0.15, 0.2) is 73.3 Å². The summed E-state index contributed by atoms with van der Waals surface area (Å²) < 4.78 is 28.8. The smallest absolute Gasteiger partial charge is 0.160 e. The van der Waals surface area contributed by atoms with Gasteiger partial charge in [0.2, 0.25) is 0 Å². The van der Waals surface area contributed by atoms with Gasteiger partial charge in [-0.2, -0.15) is 5.10 Å². The van der Waals surface area contributed by atoms with Gasteiger partial charge in [0.25, 0.3) is 0 Å². The highest BCUT2D eigenvalue weighted by atomic mass is 19.2. The van der Waals surface area contributed by atoms with Crippen molar-refractivity contribution in [3.8, 4) is 28.3 Å². The fourth-order valence-electron chi connectivity index (χ4n) is 3.28. The molecule has 0 aliphatic heterocycles. The van der Waals surface area contributed by atoms with Crippen molar-refractivity contribution in [3.05, 3.63) is 85.0 Å². The van der Waals surface area contributed by atoms with Gasteiger partial charge in [-0.1, -0.05) is 18.2 Å². The van der Waals surface area contributed by atoms with Crippen LogP contribution in [-0.2, 0) is 0 Å². The largest absolute Gasteiger partial charge is 0.398 e. The van der Waals surface area contributed by atoms with Crippen molar-refractivity contribution >= 4 is 16.6 Å². The van der Waals surface area contributed by atoms with E-state index in [1.807, 2.05) is 36.4 Å². The third-order valence-electron chi connectivity index (χ3n) is 4.76. The Bertz CT molecular complexity index is 1380. The highest BCUT2D eigenvalue weighted by Gasteiger charge is 2.15. The molecule has 2 aromatic heterocycles. The van der Waals surface area contributed by atoms with E-state index in [0.29, 0.717) is 28.0 Å². The monoisotopic (exact) mass is 400 g/mol. The first-order valence-corrected chi connectivity index (χ1v) is 9.07. The molecule has 0 unspecified atom stereocenters. The van der Waals surface area contributed by atoms with Crippen molar-refractivity contribution in [2.45, 2.75) is 0 Å². The summed E-state index contributed by atoms with van der Waals surface area (Å²) in [5.74, 6) is -1.61. The molecule has 146 valence electrons. The second-order valence-electron chi connectivity index (χ2n) is 6.65. The molecule has 8 heteroatoms. The molecule has 0 spiro atoms. The van der Waals surface area contributed by atoms with Gasteiger partial charge in [0.15, 0.2) is 17.5 Å². The van der Waals surface area contributed by atoms with Gasteiger partial charge in [0, 0.05) is 22.2 Å². The van der Waals surface area contributed by atoms with Crippen LogP contribution in [0.1, 0.15) is 0 Å². The molecule has 0 atom stereocenters. The Morgan fingerprint density at radius 1 is 0.867 bits per heavy atom. The Labute approximate surface area is 169 Å². The highest BCUT2D eigenvalue weighted by molar-refractivity contribution is 5.96. The fraction of sp³-hybridized carbons (Fsp3) is 0. The maximum atomic E-state index is 13.8. The van der Waals surface area contributed by atoms with Crippen LogP contribution in [0.3, 0.4) is 0 Å². The molecule has 2 heterocycles. The lowest BCUT2D eigenvalue weighted by Gasteiger charge is -2.12. The zero-order valence-corrected chi connectivity index (χ0v) is 15.5. The molecule has 30 heavy (non-hydrogen) atoms. The number of halogens is 2. The van der Waals surface area contributed by atoms with Crippen LogP contribution in [0.25, 0.3) is 39.2 Å². The van der Waals surface area contributed by atoms with Gasteiger partial charge in [-0.05, 0) is 42.5 Å². The summed E-state index contributed by atoms with van der Waals surface area (Å²) in [6.45, 7) is 0. The van der Waals surface area contributed by atoms with E-state index in [2.05, 4.69) is 20.1 Å². The van der Waals surface area contributed by atoms with Crippen molar-refractivity contribution in [2.75, 3.05) is 5.73 Å². The quantitative estimate of drug-likeness (QED) is 0.454. The Hall–Kier alpha value is -4.20. The number of para-hydroxylation sites is 1. The molecule has 5 rings (SSSR count). The van der Waals surface area contributed by atoms with Crippen LogP contribution in [-0.4, -0.2) is 24.7 Å². The van der Waals surface area contributed by atoms with Gasteiger partial charge in [-0.3, -0.25) is 0 Å². The lowest BCUT2D eigenvalue weighted by Crippen LogP contribution is -2.01. The SMILES string of the molecule is Nc1ccc(-n2cncn2)cc1-c1nc(-c2ccc(F)c(F)c2)nc2ccccc12. The van der Waals surface area contributed by atoms with Gasteiger partial charge in [-0.25, -0.2) is 28.4 Å². The van der Waals surface area contributed by atoms with Crippen molar-refractivity contribution in [2.24, 2.45) is 0 Å². The van der Waals surface area contributed by atoms with E-state index in [1.165, 1.54) is 12.4 Å². The average molecular weight is 400 g/mol. The molecule has 0 saturated carbocycles. The predicted octanol–water partition coefficient (Wildman–Crippen LogP) is 4.40. The van der Waals surface area contributed by atoms with E-state index in [1.54, 1.807) is 17.1 Å². The van der Waals surface area contributed by atoms with Crippen LogP contribution < -0.4 is 5.73 Å². The Morgan fingerprint density at radius 2 is 1.73 bits per heavy atom. The predicted molar refractivity (Wildman–Crippen MR) is 110 cm³/mol. The van der Waals surface area contributed by atoms with E-state index in [0.717, 1.165) is 23.2 Å². The Balaban J connectivity index is 1.77. The summed E-state index contributed by atoms with van der Waals surface area (Å²) in [6, 6.07) is 16.5. The second-order valence-corrected chi connectivity index (χ2v) is 6.65. The van der Waals surface area contributed by atoms with Crippen LogP contribution in [0, 0.1) is 11.6 Å². The summed E-state index contributed by atoms with van der Waals surface area (Å²) in [7, 11) is 0. The van der Waals surface area contributed by atoms with Crippen LogP contribution in [0.2, 0.25) is 0 Å². The number of rotatable bonds is 3. The van der Waals surface area contributed by atoms with E-state index >= 15 is 0 Å². The molecule has 0 aliphatic carbocycles. The summed E-state index contributed by atoms with van der Waals surface area (Å²) in [4.78, 5) is 13.2. The summed E-state index contributed by atoms with van der Waals surface area (Å²) in [6.07, 6.45) is 3.03. The number of aromatic nitrogens is 5. The highest BCUT2D eigenvalue weighted by Crippen LogP contribution is 2.33. The normalized spacial score (nSPS) is 11.1. The maximum Gasteiger partial charge on any atom is 0.160 e. The lowest BCUT2D eigenvalue weighted by molar-refractivity contribution is 0.509. The molecule has 0 amide bonds. The van der Waals surface area contributed by atoms with Gasteiger partial charge in [-0.15, -0.1) is 0 Å². The lowest BCUT2D eigenvalue weighted by atomic mass is 10.0. The average Bonchev–Trinajstić information content (AvgIpc) is 3.30. The molecule has 0 saturated heterocycles. The third-order valence-corrected chi connectivity index (χ3v) is 4.76. The van der Waals surface area contributed by atoms with Crippen molar-refractivity contribution < 1.29 is 8.78 Å². The third kappa shape index (κ3) is 3.04.